The van der Waals surface area contributed by atoms with Crippen molar-refractivity contribution < 1.29 is 47.8 Å². The van der Waals surface area contributed by atoms with Crippen LogP contribution in [0.4, 0.5) is 22.7 Å². The minimum Gasteiger partial charge on any atom is -0.497 e. The van der Waals surface area contributed by atoms with E-state index in [1.165, 1.54) is 14.7 Å². The molecule has 8 heterocycles. The number of rotatable bonds is 14. The van der Waals surface area contributed by atoms with Crippen molar-refractivity contribution in [2.24, 2.45) is 4.99 Å². The largest absolute Gasteiger partial charge is 0.497 e. The smallest absolute Gasteiger partial charge is 0.254 e. The molecular formula is C91H82Cl2N12O10. The molecule has 0 spiro atoms. The first-order chi connectivity index (χ1) is 55.4. The van der Waals surface area contributed by atoms with Gasteiger partial charge in [-0.1, -0.05) is 138 Å². The molecule has 4 atom stereocenters. The minimum absolute atomic E-state index is 0.152. The molecule has 5 aliphatic heterocycles. The lowest BCUT2D eigenvalue weighted by atomic mass is 10.0. The number of halogens is 2. The second-order valence-electron chi connectivity index (χ2n) is 28.2. The lowest BCUT2D eigenvalue weighted by Crippen LogP contribution is -2.45. The third kappa shape index (κ3) is 18.9. The van der Waals surface area contributed by atoms with E-state index in [1.54, 1.807) is 114 Å². The van der Waals surface area contributed by atoms with Gasteiger partial charge in [0, 0.05) is 110 Å². The summed E-state index contributed by atoms with van der Waals surface area (Å²) in [7, 11) is 8.15. The van der Waals surface area contributed by atoms with E-state index in [9.17, 15) is 38.4 Å². The number of allylic oxidation sites excluding steroid dienone is 1. The summed E-state index contributed by atoms with van der Waals surface area (Å²) in [5.74, 6) is -0.734. The zero-order valence-electron chi connectivity index (χ0n) is 64.3. The minimum atomic E-state index is -0.648. The molecule has 5 N–H and O–H groups in total. The predicted octanol–water partition coefficient (Wildman–Crippen LogP) is 13.9. The maximum Gasteiger partial charge on any atom is 0.254 e. The van der Waals surface area contributed by atoms with E-state index in [1.807, 2.05) is 173 Å². The number of hydrogen-bond donors (Lipinski definition) is 5. The van der Waals surface area contributed by atoms with Crippen LogP contribution >= 0.6 is 23.2 Å². The number of nitrogens with one attached hydrogen (secondary N) is 5. The van der Waals surface area contributed by atoms with Crippen molar-refractivity contribution in [3.63, 3.8) is 0 Å². The molecule has 580 valence electrons. The number of pyridine rings is 3. The number of hydrogen-bond acceptors (Lipinski definition) is 14. The molecule has 24 heteroatoms. The van der Waals surface area contributed by atoms with Crippen LogP contribution in [0.15, 0.2) is 236 Å². The molecule has 0 fully saturated rings. The summed E-state index contributed by atoms with van der Waals surface area (Å²) in [5, 5.41) is 15.1. The van der Waals surface area contributed by atoms with E-state index in [4.69, 9.17) is 32.7 Å². The fourth-order valence-corrected chi connectivity index (χ4v) is 14.2. The van der Waals surface area contributed by atoms with Crippen LogP contribution in [-0.2, 0) is 44.9 Å². The Morgan fingerprint density at radius 3 is 1.17 bits per heavy atom. The number of likely N-dealkylation sites (N-methyl/N-ethyl adjacent to an activating group) is 3. The Morgan fingerprint density at radius 2 is 0.757 bits per heavy atom. The van der Waals surface area contributed by atoms with Crippen LogP contribution in [0.2, 0.25) is 10.0 Å². The number of ether oxygens (including phenoxy) is 2. The van der Waals surface area contributed by atoms with Crippen molar-refractivity contribution in [2.75, 3.05) is 61.9 Å². The first-order valence-corrected chi connectivity index (χ1v) is 37.9. The maximum absolute atomic E-state index is 13.0. The Bertz CT molecular complexity index is 5610. The number of carbonyl (C=O) groups excluding carboxylic acids is 8. The number of methoxy groups -OCH3 is 2. The maximum atomic E-state index is 13.0. The van der Waals surface area contributed by atoms with E-state index >= 15 is 0 Å². The highest BCUT2D eigenvalue weighted by Gasteiger charge is 2.36. The van der Waals surface area contributed by atoms with Gasteiger partial charge in [0.25, 0.3) is 23.6 Å². The summed E-state index contributed by atoms with van der Waals surface area (Å²) < 4.78 is 10.4. The topological polar surface area (TPSA) is 276 Å². The summed E-state index contributed by atoms with van der Waals surface area (Å²) >= 11 is 12.0. The van der Waals surface area contributed by atoms with Crippen molar-refractivity contribution in [1.29, 1.82) is 0 Å². The SMILES string of the molecule is COc1ccc2c(c1)C(=O)NC(Cc1ccc(-c3ccc(C)nc3)cc1)C(=O)N2C.COc1ccc2c(c1)C(=O)NC(Cc1ccc(-c3ccnc(C)c3)cc1)C(=O)N2C.Cc1ccc(-c2ccc(CC3NC(=O)c4cc(Cl)ccc4N(C)C3=O)cc2)cn1.O=C1NC(Cc2ccc(C3=CCN=C3)cc2)C(=O)Nc2ccc(Cl)cc21. The number of amides is 8. The predicted molar refractivity (Wildman–Crippen MR) is 449 cm³/mol. The molecular weight excluding hydrogens is 1490 g/mol. The van der Waals surface area contributed by atoms with Gasteiger partial charge in [-0.25, -0.2) is 0 Å². The molecule has 115 heavy (non-hydrogen) atoms. The first-order valence-electron chi connectivity index (χ1n) is 37.1. The number of anilines is 4. The Kier molecular flexibility index (Phi) is 24.6. The van der Waals surface area contributed by atoms with Crippen LogP contribution in [0.3, 0.4) is 0 Å². The van der Waals surface area contributed by atoms with E-state index < -0.39 is 24.2 Å². The monoisotopic (exact) mass is 1570 g/mol. The van der Waals surface area contributed by atoms with Crippen LogP contribution in [0, 0.1) is 20.8 Å². The van der Waals surface area contributed by atoms with Gasteiger partial charge in [-0.2, -0.15) is 0 Å². The molecule has 11 aromatic rings. The van der Waals surface area contributed by atoms with Gasteiger partial charge in [0.1, 0.15) is 35.7 Å². The normalized spacial score (nSPS) is 16.6. The average Bonchev–Trinajstić information content (AvgIpc) is 1.67. The standard InChI is InChI=1S/2C24H23N3O3.C23H20ClN3O2.C20H16ClN3O2/c1-15-4-7-18(14-25-15)17-8-5-16(6-9-17)12-21-24(29)27(2)22-11-10-19(30-3)13-20(22)23(28)26-21;1-15-12-18(10-11-25-15)17-6-4-16(5-7-17)13-21-24(29)27(2)22-9-8-19(30-3)14-20(22)23(28)26-21;1-14-3-6-17(13-25-14)16-7-4-15(5-8-16)11-20-23(29)27(2)21-10-9-18(24)12-19(21)22(28)26-20;21-15-5-6-17-16(10-15)19(25)24-18(20(26)23-17)9-12-1-3-13(4-2-12)14-7-8-22-11-14/h4-11,13-14,21H,12H2,1-3H3,(H,26,28);4-12,14,21H,13H2,1-3H3,(H,26,28);3-10,12-13,20H,11H2,1-2H3,(H,26,28);1-7,10-11,18H,8-9H2,(H,23,26)(H,24,25). The van der Waals surface area contributed by atoms with Crippen LogP contribution in [-0.4, -0.2) is 134 Å². The molecule has 8 aromatic carbocycles. The summed E-state index contributed by atoms with van der Waals surface area (Å²) in [6.45, 7) is 6.59. The molecule has 0 saturated carbocycles. The van der Waals surface area contributed by atoms with Crippen LogP contribution in [0.1, 0.15) is 86.3 Å². The Hall–Kier alpha value is -13.4. The van der Waals surface area contributed by atoms with Crippen molar-refractivity contribution >= 4 is 105 Å². The van der Waals surface area contributed by atoms with Gasteiger partial charge in [0.2, 0.25) is 23.6 Å². The van der Waals surface area contributed by atoms with Crippen LogP contribution in [0.25, 0.3) is 39.0 Å². The summed E-state index contributed by atoms with van der Waals surface area (Å²) in [5.41, 5.74) is 19.1. The van der Waals surface area contributed by atoms with Crippen LogP contribution in [0.5, 0.6) is 11.5 Å². The Labute approximate surface area is 675 Å². The third-order valence-corrected chi connectivity index (χ3v) is 20.8. The second-order valence-corrected chi connectivity index (χ2v) is 29.1. The third-order valence-electron chi connectivity index (χ3n) is 20.4. The number of carbonyl (C=O) groups is 8. The van der Waals surface area contributed by atoms with E-state index in [2.05, 4.69) is 52.6 Å². The number of aliphatic imine (C=N–C) groups is 1. The van der Waals surface area contributed by atoms with Crippen LogP contribution < -0.4 is 50.8 Å². The Balaban J connectivity index is 0.000000134. The highest BCUT2D eigenvalue weighted by Crippen LogP contribution is 2.34. The van der Waals surface area contributed by atoms with Gasteiger partial charge in [-0.15, -0.1) is 0 Å². The summed E-state index contributed by atoms with van der Waals surface area (Å²) in [6.07, 6.45) is 11.0. The zero-order valence-corrected chi connectivity index (χ0v) is 65.8. The lowest BCUT2D eigenvalue weighted by Gasteiger charge is -2.21. The first kappa shape index (κ1) is 79.6. The van der Waals surface area contributed by atoms with Gasteiger partial charge in [0.05, 0.1) is 65.8 Å². The molecule has 16 rings (SSSR count). The zero-order chi connectivity index (χ0) is 81.1. The highest BCUT2D eigenvalue weighted by atomic mass is 35.5. The second kappa shape index (κ2) is 35.5. The quantitative estimate of drug-likeness (QED) is 0.0678. The summed E-state index contributed by atoms with van der Waals surface area (Å²) in [4.78, 5) is 124. The van der Waals surface area contributed by atoms with Gasteiger partial charge < -0.3 is 50.8 Å². The van der Waals surface area contributed by atoms with E-state index in [0.29, 0.717) is 92.2 Å². The van der Waals surface area contributed by atoms with Crippen molar-refractivity contribution in [3.8, 4) is 44.9 Å². The number of nitrogens with zero attached hydrogens (tertiary/aromatic N) is 7. The number of benzene rings is 8. The summed E-state index contributed by atoms with van der Waals surface area (Å²) in [6, 6.07) is 61.4. The van der Waals surface area contributed by atoms with E-state index in [0.717, 1.165) is 90.4 Å². The molecule has 8 amide bonds. The van der Waals surface area contributed by atoms with Gasteiger partial charge in [-0.3, -0.25) is 58.3 Å². The molecule has 3 aromatic heterocycles. The van der Waals surface area contributed by atoms with Crippen molar-refractivity contribution in [1.82, 2.24) is 36.2 Å². The van der Waals surface area contributed by atoms with Crippen molar-refractivity contribution in [2.45, 2.75) is 70.6 Å². The molecule has 4 unspecified atom stereocenters. The van der Waals surface area contributed by atoms with Gasteiger partial charge in [-0.05, 0) is 173 Å². The molecule has 0 aliphatic carbocycles. The molecule has 0 saturated heterocycles. The van der Waals surface area contributed by atoms with E-state index in [-0.39, 0.29) is 47.3 Å². The fraction of sp³-hybridized carbons (Fsp3) is 0.187. The van der Waals surface area contributed by atoms with Crippen molar-refractivity contribution in [3.05, 3.63) is 308 Å². The number of fused-ring (bicyclic) bond motifs is 4. The molecule has 0 radical (unpaired) electrons. The number of aryl methyl sites for hydroxylation is 3. The Morgan fingerprint density at radius 1 is 0.383 bits per heavy atom. The number of aromatic nitrogens is 3. The lowest BCUT2D eigenvalue weighted by molar-refractivity contribution is -0.120. The highest BCUT2D eigenvalue weighted by molar-refractivity contribution is 6.32. The molecule has 5 aliphatic rings. The molecule has 22 nitrogen and oxygen atoms in total. The molecule has 0 bridgehead atoms. The van der Waals surface area contributed by atoms with Gasteiger partial charge >= 0.3 is 0 Å². The van der Waals surface area contributed by atoms with Gasteiger partial charge in [0.15, 0.2) is 0 Å². The fourth-order valence-electron chi connectivity index (χ4n) is 13.9. The average molecular weight is 1570 g/mol.